The Bertz CT molecular complexity index is 292. The van der Waals surface area contributed by atoms with Gasteiger partial charge in [-0.2, -0.15) is 5.10 Å². The van der Waals surface area contributed by atoms with Crippen LogP contribution in [0.2, 0.25) is 0 Å². The molecular formula is C10H19N3. The molecule has 0 amide bonds. The number of nitrogens with two attached hydrogens (primary N) is 1. The minimum Gasteiger partial charge on any atom is -0.384 e. The van der Waals surface area contributed by atoms with E-state index in [1.54, 1.807) is 0 Å². The van der Waals surface area contributed by atoms with Gasteiger partial charge in [-0.25, -0.2) is 4.68 Å². The van der Waals surface area contributed by atoms with Crippen molar-refractivity contribution >= 4 is 5.82 Å². The quantitative estimate of drug-likeness (QED) is 0.722. The summed E-state index contributed by atoms with van der Waals surface area (Å²) in [6.45, 7) is 10.5. The number of rotatable bonds is 1. The van der Waals surface area contributed by atoms with Crippen LogP contribution < -0.4 is 5.73 Å². The molecule has 0 saturated heterocycles. The Morgan fingerprint density at radius 1 is 1.38 bits per heavy atom. The molecule has 74 valence electrons. The van der Waals surface area contributed by atoms with E-state index in [2.05, 4.69) is 39.7 Å². The van der Waals surface area contributed by atoms with Crippen LogP contribution in [-0.4, -0.2) is 9.78 Å². The van der Waals surface area contributed by atoms with E-state index in [9.17, 15) is 0 Å². The Hall–Kier alpha value is -0.990. The predicted octanol–water partition coefficient (Wildman–Crippen LogP) is 2.34. The summed E-state index contributed by atoms with van der Waals surface area (Å²) in [4.78, 5) is 0. The first-order valence-electron chi connectivity index (χ1n) is 4.68. The molecule has 1 heterocycles. The average molecular weight is 181 g/mol. The lowest BCUT2D eigenvalue weighted by atomic mass is 10.1. The lowest BCUT2D eigenvalue weighted by Crippen LogP contribution is -2.24. The standard InChI is InChI=1S/C10H19N3/c1-7(2)8-6-9(11)13(12-8)10(3,4)5/h6-7H,11H2,1-5H3. The summed E-state index contributed by atoms with van der Waals surface area (Å²) < 4.78 is 1.88. The van der Waals surface area contributed by atoms with Gasteiger partial charge in [0, 0.05) is 6.07 Å². The maximum Gasteiger partial charge on any atom is 0.122 e. The average Bonchev–Trinajstić information content (AvgIpc) is 2.29. The number of hydrogen-bond donors (Lipinski definition) is 1. The molecule has 0 saturated carbocycles. The van der Waals surface area contributed by atoms with Crippen molar-refractivity contribution in [3.05, 3.63) is 11.8 Å². The summed E-state index contributed by atoms with van der Waals surface area (Å²) in [5.74, 6) is 1.18. The lowest BCUT2D eigenvalue weighted by molar-refractivity contribution is 0.358. The fourth-order valence-electron chi connectivity index (χ4n) is 1.23. The van der Waals surface area contributed by atoms with Gasteiger partial charge in [0.2, 0.25) is 0 Å². The second kappa shape index (κ2) is 3.05. The van der Waals surface area contributed by atoms with Gasteiger partial charge in [-0.1, -0.05) is 13.8 Å². The molecule has 0 atom stereocenters. The number of nitrogens with zero attached hydrogens (tertiary/aromatic N) is 2. The third-order valence-corrected chi connectivity index (χ3v) is 1.98. The van der Waals surface area contributed by atoms with Gasteiger partial charge in [0.15, 0.2) is 0 Å². The van der Waals surface area contributed by atoms with E-state index >= 15 is 0 Å². The van der Waals surface area contributed by atoms with E-state index in [-0.39, 0.29) is 5.54 Å². The van der Waals surface area contributed by atoms with Crippen molar-refractivity contribution < 1.29 is 0 Å². The fraction of sp³-hybridized carbons (Fsp3) is 0.700. The third kappa shape index (κ3) is 2.02. The van der Waals surface area contributed by atoms with Crippen molar-refractivity contribution in [3.63, 3.8) is 0 Å². The first-order chi connectivity index (χ1) is 5.82. The van der Waals surface area contributed by atoms with Crippen LogP contribution in [0.1, 0.15) is 46.2 Å². The van der Waals surface area contributed by atoms with Crippen molar-refractivity contribution in [2.24, 2.45) is 0 Å². The molecule has 3 nitrogen and oxygen atoms in total. The summed E-state index contributed by atoms with van der Waals surface area (Å²) in [7, 11) is 0. The first-order valence-corrected chi connectivity index (χ1v) is 4.68. The topological polar surface area (TPSA) is 43.8 Å². The summed E-state index contributed by atoms with van der Waals surface area (Å²) in [5.41, 5.74) is 6.90. The first kappa shape index (κ1) is 10.1. The number of nitrogen functional groups attached to an aromatic ring is 1. The van der Waals surface area contributed by atoms with Gasteiger partial charge in [0.1, 0.15) is 5.82 Å². The van der Waals surface area contributed by atoms with E-state index in [0.29, 0.717) is 5.92 Å². The molecule has 0 spiro atoms. The van der Waals surface area contributed by atoms with Crippen molar-refractivity contribution in [1.29, 1.82) is 0 Å². The summed E-state index contributed by atoms with van der Waals surface area (Å²) in [5, 5.41) is 4.47. The molecule has 1 aromatic rings. The molecule has 0 aromatic carbocycles. The Balaban J connectivity index is 3.11. The Morgan fingerprint density at radius 3 is 2.15 bits per heavy atom. The Kier molecular flexibility index (Phi) is 2.37. The van der Waals surface area contributed by atoms with Gasteiger partial charge >= 0.3 is 0 Å². The van der Waals surface area contributed by atoms with E-state index in [0.717, 1.165) is 11.5 Å². The lowest BCUT2D eigenvalue weighted by Gasteiger charge is -2.20. The third-order valence-electron chi connectivity index (χ3n) is 1.98. The predicted molar refractivity (Wildman–Crippen MR) is 55.7 cm³/mol. The maximum atomic E-state index is 5.87. The minimum atomic E-state index is -0.0305. The molecule has 0 radical (unpaired) electrons. The zero-order valence-corrected chi connectivity index (χ0v) is 9.13. The second-order valence-corrected chi connectivity index (χ2v) is 4.73. The molecule has 1 aromatic heterocycles. The van der Waals surface area contributed by atoms with E-state index < -0.39 is 0 Å². The normalized spacial score (nSPS) is 12.5. The molecule has 0 aliphatic heterocycles. The van der Waals surface area contributed by atoms with E-state index in [4.69, 9.17) is 5.73 Å². The van der Waals surface area contributed by atoms with Crippen LogP contribution in [0.15, 0.2) is 6.07 Å². The summed E-state index contributed by atoms with van der Waals surface area (Å²) in [6.07, 6.45) is 0. The molecule has 0 aliphatic rings. The zero-order valence-electron chi connectivity index (χ0n) is 9.13. The van der Waals surface area contributed by atoms with Gasteiger partial charge in [-0.15, -0.1) is 0 Å². The molecule has 0 aliphatic carbocycles. The Morgan fingerprint density at radius 2 is 1.92 bits per heavy atom. The van der Waals surface area contributed by atoms with Crippen molar-refractivity contribution in [2.45, 2.75) is 46.1 Å². The molecule has 2 N–H and O–H groups in total. The highest BCUT2D eigenvalue weighted by atomic mass is 15.3. The van der Waals surface area contributed by atoms with Crippen LogP contribution >= 0.6 is 0 Å². The zero-order chi connectivity index (χ0) is 10.2. The van der Waals surface area contributed by atoms with Gasteiger partial charge in [-0.3, -0.25) is 0 Å². The van der Waals surface area contributed by atoms with Gasteiger partial charge in [0.25, 0.3) is 0 Å². The molecule has 1 rings (SSSR count). The highest BCUT2D eigenvalue weighted by molar-refractivity contribution is 5.33. The van der Waals surface area contributed by atoms with Crippen molar-refractivity contribution in [2.75, 3.05) is 5.73 Å². The molecule has 0 bridgehead atoms. The van der Waals surface area contributed by atoms with Crippen molar-refractivity contribution in [3.8, 4) is 0 Å². The molecule has 3 heteroatoms. The van der Waals surface area contributed by atoms with Crippen LogP contribution in [0.25, 0.3) is 0 Å². The van der Waals surface area contributed by atoms with Crippen LogP contribution in [0, 0.1) is 0 Å². The largest absolute Gasteiger partial charge is 0.384 e. The van der Waals surface area contributed by atoms with Crippen LogP contribution in [0.4, 0.5) is 5.82 Å². The molecular weight excluding hydrogens is 162 g/mol. The molecule has 0 unspecified atom stereocenters. The monoisotopic (exact) mass is 181 g/mol. The second-order valence-electron chi connectivity index (χ2n) is 4.73. The minimum absolute atomic E-state index is 0.0305. The number of hydrogen-bond acceptors (Lipinski definition) is 2. The molecule has 13 heavy (non-hydrogen) atoms. The fourth-order valence-corrected chi connectivity index (χ4v) is 1.23. The number of aromatic nitrogens is 2. The maximum absolute atomic E-state index is 5.87. The van der Waals surface area contributed by atoms with Crippen LogP contribution in [0.5, 0.6) is 0 Å². The summed E-state index contributed by atoms with van der Waals surface area (Å²) in [6, 6.07) is 1.95. The van der Waals surface area contributed by atoms with Gasteiger partial charge in [0.05, 0.1) is 11.2 Å². The van der Waals surface area contributed by atoms with E-state index in [1.807, 2.05) is 10.7 Å². The van der Waals surface area contributed by atoms with Gasteiger partial charge in [-0.05, 0) is 26.7 Å². The number of anilines is 1. The Labute approximate surface area is 79.9 Å². The smallest absolute Gasteiger partial charge is 0.122 e. The molecule has 0 fully saturated rings. The van der Waals surface area contributed by atoms with Gasteiger partial charge < -0.3 is 5.73 Å². The van der Waals surface area contributed by atoms with E-state index in [1.165, 1.54) is 0 Å². The SMILES string of the molecule is CC(C)c1cc(N)n(C(C)(C)C)n1. The highest BCUT2D eigenvalue weighted by Crippen LogP contribution is 2.22. The highest BCUT2D eigenvalue weighted by Gasteiger charge is 2.18. The van der Waals surface area contributed by atoms with Crippen molar-refractivity contribution in [1.82, 2.24) is 9.78 Å². The summed E-state index contributed by atoms with van der Waals surface area (Å²) >= 11 is 0. The van der Waals surface area contributed by atoms with Crippen LogP contribution in [0.3, 0.4) is 0 Å². The van der Waals surface area contributed by atoms with Crippen LogP contribution in [-0.2, 0) is 5.54 Å².